The van der Waals surface area contributed by atoms with Gasteiger partial charge in [-0.25, -0.2) is 9.78 Å². The monoisotopic (exact) mass is 337 g/mol. The molecule has 0 spiro atoms. The number of carboxylic acids is 1. The highest BCUT2D eigenvalue weighted by atomic mass is 32.1. The Bertz CT molecular complexity index is 784. The van der Waals surface area contributed by atoms with Gasteiger partial charge in [0.15, 0.2) is 0 Å². The van der Waals surface area contributed by atoms with Gasteiger partial charge in [-0.05, 0) is 37.2 Å². The van der Waals surface area contributed by atoms with Crippen molar-refractivity contribution >= 4 is 27.5 Å². The molecule has 1 aliphatic carbocycles. The molecule has 0 bridgehead atoms. The van der Waals surface area contributed by atoms with Gasteiger partial charge in [0.1, 0.15) is 4.83 Å². The number of hydrogen-bond donors (Lipinski definition) is 3. The lowest BCUT2D eigenvalue weighted by molar-refractivity contribution is 0.0683. The van der Waals surface area contributed by atoms with Gasteiger partial charge in [-0.2, -0.15) is 0 Å². The molecule has 0 unspecified atom stereocenters. The standard InChI is InChI=1S/C10H8N2O3S.C6H15N/c13-8-6-4-2-1-3-5(4)16-9(6)12-7(11-8)10(14)15;1-5(7)6(2,3)4/h1-3H2,(H,14,15)(H,11,12,13);5H,7H2,1-4H3/t;5-/m.0/s1. The average Bonchev–Trinajstić information content (AvgIpc) is 2.97. The van der Waals surface area contributed by atoms with E-state index in [2.05, 4.69) is 30.7 Å². The van der Waals surface area contributed by atoms with Crippen LogP contribution in [0.2, 0.25) is 0 Å². The van der Waals surface area contributed by atoms with Crippen LogP contribution in [0.15, 0.2) is 4.79 Å². The average molecular weight is 337 g/mol. The van der Waals surface area contributed by atoms with E-state index in [4.69, 9.17) is 10.8 Å². The lowest BCUT2D eigenvalue weighted by atomic mass is 9.89. The number of nitrogens with two attached hydrogens (primary N) is 1. The number of carbonyl (C=O) groups is 1. The maximum atomic E-state index is 11.8. The third kappa shape index (κ3) is 3.79. The minimum Gasteiger partial charge on any atom is -0.475 e. The van der Waals surface area contributed by atoms with Gasteiger partial charge in [-0.15, -0.1) is 11.3 Å². The molecule has 0 saturated heterocycles. The molecule has 0 radical (unpaired) electrons. The molecule has 0 aromatic carbocycles. The number of nitrogens with one attached hydrogen (secondary N) is 1. The topological polar surface area (TPSA) is 109 Å². The first-order valence-electron chi connectivity index (χ1n) is 7.64. The van der Waals surface area contributed by atoms with Crippen molar-refractivity contribution in [3.8, 4) is 0 Å². The van der Waals surface area contributed by atoms with Crippen LogP contribution in [0.5, 0.6) is 0 Å². The maximum absolute atomic E-state index is 11.8. The van der Waals surface area contributed by atoms with Gasteiger partial charge in [0, 0.05) is 10.9 Å². The first-order valence-corrected chi connectivity index (χ1v) is 8.46. The number of H-pyrrole nitrogens is 1. The lowest BCUT2D eigenvalue weighted by Crippen LogP contribution is -2.31. The molecule has 2 heterocycles. The van der Waals surface area contributed by atoms with Crippen LogP contribution >= 0.6 is 11.3 Å². The first kappa shape index (κ1) is 17.6. The van der Waals surface area contributed by atoms with Crippen LogP contribution in [0.1, 0.15) is 55.2 Å². The summed E-state index contributed by atoms with van der Waals surface area (Å²) in [5.74, 6) is -1.48. The van der Waals surface area contributed by atoms with Crippen LogP contribution in [0.25, 0.3) is 10.2 Å². The minimum absolute atomic E-state index is 0.278. The van der Waals surface area contributed by atoms with Crippen LogP contribution in [-0.4, -0.2) is 27.1 Å². The number of thiophene rings is 1. The zero-order valence-electron chi connectivity index (χ0n) is 13.9. The zero-order valence-corrected chi connectivity index (χ0v) is 14.7. The summed E-state index contributed by atoms with van der Waals surface area (Å²) in [7, 11) is 0. The number of aromatic carboxylic acids is 1. The van der Waals surface area contributed by atoms with Crippen molar-refractivity contribution in [3.63, 3.8) is 0 Å². The summed E-state index contributed by atoms with van der Waals surface area (Å²) in [6.45, 7) is 8.44. The number of aromatic nitrogens is 2. The Kier molecular flexibility index (Phi) is 4.91. The summed E-state index contributed by atoms with van der Waals surface area (Å²) < 4.78 is 0. The Labute approximate surface area is 138 Å². The quantitative estimate of drug-likeness (QED) is 0.741. The maximum Gasteiger partial charge on any atom is 0.372 e. The number of aryl methyl sites for hydroxylation is 2. The summed E-state index contributed by atoms with van der Waals surface area (Å²) in [6.07, 6.45) is 2.93. The normalized spacial score (nSPS) is 15.0. The Morgan fingerprint density at radius 3 is 2.52 bits per heavy atom. The second kappa shape index (κ2) is 6.41. The first-order chi connectivity index (χ1) is 10.6. The van der Waals surface area contributed by atoms with Gasteiger partial charge in [0.05, 0.1) is 5.39 Å². The number of rotatable bonds is 1. The molecule has 126 valence electrons. The second-order valence-corrected chi connectivity index (χ2v) is 8.00. The van der Waals surface area contributed by atoms with Crippen molar-refractivity contribution in [2.75, 3.05) is 0 Å². The van der Waals surface area contributed by atoms with Gasteiger partial charge in [-0.3, -0.25) is 4.79 Å². The fraction of sp³-hybridized carbons (Fsp3) is 0.562. The fourth-order valence-corrected chi connectivity index (χ4v) is 3.37. The van der Waals surface area contributed by atoms with E-state index >= 15 is 0 Å². The van der Waals surface area contributed by atoms with Crippen LogP contribution in [0.3, 0.4) is 0 Å². The van der Waals surface area contributed by atoms with E-state index in [1.165, 1.54) is 16.2 Å². The van der Waals surface area contributed by atoms with Crippen molar-refractivity contribution in [2.24, 2.45) is 11.1 Å². The second-order valence-electron chi connectivity index (χ2n) is 6.91. The number of nitrogens with zero attached hydrogens (tertiary/aromatic N) is 1. The molecule has 0 fully saturated rings. The summed E-state index contributed by atoms with van der Waals surface area (Å²) >= 11 is 1.44. The van der Waals surface area contributed by atoms with Gasteiger partial charge in [-0.1, -0.05) is 20.8 Å². The SMILES string of the molecule is C[C@H](N)C(C)(C)C.O=C(O)c1nc2sc3c(c2c(=O)[nH]1)CCC3. The van der Waals surface area contributed by atoms with Crippen LogP contribution in [0.4, 0.5) is 0 Å². The molecule has 3 rings (SSSR count). The van der Waals surface area contributed by atoms with Gasteiger partial charge in [0.25, 0.3) is 5.56 Å². The Morgan fingerprint density at radius 2 is 2.00 bits per heavy atom. The molecule has 7 heteroatoms. The molecule has 4 N–H and O–H groups in total. The molecule has 1 atom stereocenters. The van der Waals surface area contributed by atoms with Gasteiger partial charge in [0.2, 0.25) is 5.82 Å². The van der Waals surface area contributed by atoms with E-state index in [-0.39, 0.29) is 16.8 Å². The van der Waals surface area contributed by atoms with Crippen LogP contribution in [0, 0.1) is 5.41 Å². The smallest absolute Gasteiger partial charge is 0.372 e. The van der Waals surface area contributed by atoms with Crippen molar-refractivity contribution in [1.29, 1.82) is 0 Å². The van der Waals surface area contributed by atoms with Gasteiger partial charge >= 0.3 is 5.97 Å². The summed E-state index contributed by atoms with van der Waals surface area (Å²) in [6, 6.07) is 0.299. The fourth-order valence-electron chi connectivity index (χ4n) is 2.10. The molecule has 0 amide bonds. The van der Waals surface area contributed by atoms with E-state index in [0.29, 0.717) is 16.3 Å². The third-order valence-electron chi connectivity index (χ3n) is 4.14. The predicted octanol–water partition coefficient (Wildman–Crippen LogP) is 2.55. The number of fused-ring (bicyclic) bond motifs is 3. The lowest BCUT2D eigenvalue weighted by Gasteiger charge is -2.22. The van der Waals surface area contributed by atoms with Crippen LogP contribution in [-0.2, 0) is 12.8 Å². The Hall–Kier alpha value is -1.73. The summed E-state index contributed by atoms with van der Waals surface area (Å²) in [5.41, 5.74) is 6.58. The third-order valence-corrected chi connectivity index (χ3v) is 5.33. The molecule has 2 aromatic heterocycles. The largest absolute Gasteiger partial charge is 0.475 e. The number of carboxylic acid groups (broad SMARTS) is 1. The zero-order chi connectivity index (χ0) is 17.4. The summed E-state index contributed by atoms with van der Waals surface area (Å²) in [5, 5.41) is 9.37. The molecule has 0 saturated carbocycles. The molecule has 6 nitrogen and oxygen atoms in total. The van der Waals surface area contributed by atoms with E-state index in [0.717, 1.165) is 24.8 Å². The molecule has 23 heavy (non-hydrogen) atoms. The van der Waals surface area contributed by atoms with Crippen LogP contribution < -0.4 is 11.3 Å². The Morgan fingerprint density at radius 1 is 1.39 bits per heavy atom. The number of aromatic amines is 1. The highest BCUT2D eigenvalue weighted by molar-refractivity contribution is 7.18. The summed E-state index contributed by atoms with van der Waals surface area (Å²) in [4.78, 5) is 30.5. The van der Waals surface area contributed by atoms with Gasteiger partial charge < -0.3 is 15.8 Å². The molecular formula is C16H23N3O3S. The van der Waals surface area contributed by atoms with Crippen molar-refractivity contribution in [1.82, 2.24) is 9.97 Å². The highest BCUT2D eigenvalue weighted by Gasteiger charge is 2.22. The van der Waals surface area contributed by atoms with Crippen molar-refractivity contribution in [2.45, 2.75) is 53.0 Å². The molecule has 1 aliphatic rings. The molecule has 2 aromatic rings. The Balaban J connectivity index is 0.000000236. The predicted molar refractivity (Wildman–Crippen MR) is 92.3 cm³/mol. The van der Waals surface area contributed by atoms with E-state index in [1.54, 1.807) is 0 Å². The van der Waals surface area contributed by atoms with E-state index < -0.39 is 5.97 Å². The van der Waals surface area contributed by atoms with Crippen molar-refractivity contribution < 1.29 is 9.90 Å². The molecular weight excluding hydrogens is 314 g/mol. The van der Waals surface area contributed by atoms with E-state index in [9.17, 15) is 9.59 Å². The number of hydrogen-bond acceptors (Lipinski definition) is 5. The van der Waals surface area contributed by atoms with Crippen molar-refractivity contribution in [3.05, 3.63) is 26.6 Å². The molecule has 0 aliphatic heterocycles. The highest BCUT2D eigenvalue weighted by Crippen LogP contribution is 2.34. The van der Waals surface area contributed by atoms with E-state index in [1.807, 2.05) is 6.92 Å². The minimum atomic E-state index is -1.20.